The van der Waals surface area contributed by atoms with Crippen molar-refractivity contribution in [2.24, 2.45) is 0 Å². The average Bonchev–Trinajstić information content (AvgIpc) is 2.95. The Hall–Kier alpha value is -2.45. The Balaban J connectivity index is 1.80. The Morgan fingerprint density at radius 3 is 2.52 bits per heavy atom. The second kappa shape index (κ2) is 7.66. The van der Waals surface area contributed by atoms with E-state index in [0.29, 0.717) is 18.7 Å². The van der Waals surface area contributed by atoms with Gasteiger partial charge < -0.3 is 5.32 Å². The number of rotatable bonds is 4. The highest BCUT2D eigenvalue weighted by atomic mass is 35.5. The summed E-state index contributed by atoms with van der Waals surface area (Å²) in [6.07, 6.45) is 2.50. The summed E-state index contributed by atoms with van der Waals surface area (Å²) in [6.45, 7) is 0.351. The predicted octanol–water partition coefficient (Wildman–Crippen LogP) is 3.81. The van der Waals surface area contributed by atoms with Gasteiger partial charge in [0.1, 0.15) is 11.6 Å². The first-order valence-corrected chi connectivity index (χ1v) is 10.00. The molecule has 0 bridgehead atoms. The molecule has 1 fully saturated rings. The lowest BCUT2D eigenvalue weighted by molar-refractivity contribution is -0.111. The molecule has 5 nitrogen and oxygen atoms in total. The molecule has 1 N–H and O–H groups in total. The number of sulfonamides is 1. The lowest BCUT2D eigenvalue weighted by Gasteiger charge is -2.18. The van der Waals surface area contributed by atoms with Crippen LogP contribution in [0.3, 0.4) is 0 Å². The van der Waals surface area contributed by atoms with Gasteiger partial charge >= 0.3 is 0 Å². The van der Waals surface area contributed by atoms with Gasteiger partial charge in [0.05, 0.1) is 22.2 Å². The number of amides is 1. The Labute approximate surface area is 160 Å². The molecule has 0 aromatic heterocycles. The molecule has 0 unspecified atom stereocenters. The summed E-state index contributed by atoms with van der Waals surface area (Å²) in [7, 11) is -3.37. The maximum absolute atomic E-state index is 13.6. The normalized spacial score (nSPS) is 16.0. The molecule has 0 spiro atoms. The minimum atomic E-state index is -3.37. The summed E-state index contributed by atoms with van der Waals surface area (Å²) in [5, 5.41) is 2.69. The van der Waals surface area contributed by atoms with E-state index >= 15 is 0 Å². The molecule has 2 aromatic rings. The molecule has 142 valence electrons. The van der Waals surface area contributed by atoms with Gasteiger partial charge in [-0.2, -0.15) is 0 Å². The van der Waals surface area contributed by atoms with Crippen molar-refractivity contribution in [1.29, 1.82) is 0 Å². The van der Waals surface area contributed by atoms with Crippen molar-refractivity contribution < 1.29 is 22.0 Å². The highest BCUT2D eigenvalue weighted by Crippen LogP contribution is 2.31. The molecule has 1 heterocycles. The molecule has 0 radical (unpaired) electrons. The van der Waals surface area contributed by atoms with E-state index in [-0.39, 0.29) is 22.0 Å². The highest BCUT2D eigenvalue weighted by molar-refractivity contribution is 7.93. The van der Waals surface area contributed by atoms with Gasteiger partial charge in [0.15, 0.2) is 0 Å². The number of anilines is 2. The van der Waals surface area contributed by atoms with Crippen LogP contribution >= 0.6 is 11.6 Å². The molecule has 27 heavy (non-hydrogen) atoms. The van der Waals surface area contributed by atoms with Crippen LogP contribution in [0.2, 0.25) is 5.02 Å². The van der Waals surface area contributed by atoms with Crippen molar-refractivity contribution in [1.82, 2.24) is 0 Å². The first kappa shape index (κ1) is 19.3. The fourth-order valence-electron chi connectivity index (χ4n) is 2.70. The predicted molar refractivity (Wildman–Crippen MR) is 101 cm³/mol. The van der Waals surface area contributed by atoms with Gasteiger partial charge in [-0.1, -0.05) is 17.7 Å². The third kappa shape index (κ3) is 4.28. The molecule has 1 amide bonds. The van der Waals surface area contributed by atoms with Crippen molar-refractivity contribution in [3.05, 3.63) is 64.7 Å². The zero-order valence-electron chi connectivity index (χ0n) is 14.0. The summed E-state index contributed by atoms with van der Waals surface area (Å²) in [5.41, 5.74) is 0.243. The van der Waals surface area contributed by atoms with Crippen molar-refractivity contribution in [2.75, 3.05) is 21.9 Å². The van der Waals surface area contributed by atoms with E-state index in [2.05, 4.69) is 5.32 Å². The van der Waals surface area contributed by atoms with Gasteiger partial charge in [-0.25, -0.2) is 17.2 Å². The van der Waals surface area contributed by atoms with Crippen LogP contribution in [-0.4, -0.2) is 26.6 Å². The number of benzene rings is 2. The smallest absolute Gasteiger partial charge is 0.248 e. The zero-order valence-corrected chi connectivity index (χ0v) is 15.5. The molecule has 0 aliphatic carbocycles. The Kier molecular flexibility index (Phi) is 5.48. The number of carbonyl (C=O) groups is 1. The second-order valence-corrected chi connectivity index (χ2v) is 8.28. The number of hydrogen-bond donors (Lipinski definition) is 1. The van der Waals surface area contributed by atoms with Crippen molar-refractivity contribution in [2.45, 2.75) is 6.42 Å². The fraction of sp³-hybridized carbons (Fsp3) is 0.167. The molecule has 9 heteroatoms. The topological polar surface area (TPSA) is 66.5 Å². The Morgan fingerprint density at radius 1 is 1.19 bits per heavy atom. The molecule has 0 atom stereocenters. The minimum Gasteiger partial charge on any atom is -0.321 e. The van der Waals surface area contributed by atoms with Gasteiger partial charge in [0.25, 0.3) is 0 Å². The summed E-state index contributed by atoms with van der Waals surface area (Å²) in [4.78, 5) is 12.1. The van der Waals surface area contributed by atoms with Crippen molar-refractivity contribution in [3.63, 3.8) is 0 Å². The summed E-state index contributed by atoms with van der Waals surface area (Å²) in [5.74, 6) is -2.19. The third-order valence-electron chi connectivity index (χ3n) is 4.00. The third-order valence-corrected chi connectivity index (χ3v) is 6.20. The largest absolute Gasteiger partial charge is 0.321 e. The number of hydrogen-bond acceptors (Lipinski definition) is 3. The van der Waals surface area contributed by atoms with Gasteiger partial charge in [0, 0.05) is 18.2 Å². The lowest BCUT2D eigenvalue weighted by Crippen LogP contribution is -2.25. The molecule has 1 saturated heterocycles. The van der Waals surface area contributed by atoms with Crippen LogP contribution in [0.1, 0.15) is 12.0 Å². The van der Waals surface area contributed by atoms with E-state index in [1.54, 1.807) is 6.07 Å². The molecular weight excluding hydrogens is 398 g/mol. The van der Waals surface area contributed by atoms with Gasteiger partial charge in [-0.05, 0) is 42.8 Å². The Bertz CT molecular complexity index is 1010. The number of nitrogens with one attached hydrogen (secondary N) is 1. The van der Waals surface area contributed by atoms with E-state index in [4.69, 9.17) is 11.6 Å². The van der Waals surface area contributed by atoms with Crippen LogP contribution in [-0.2, 0) is 14.8 Å². The maximum Gasteiger partial charge on any atom is 0.248 e. The van der Waals surface area contributed by atoms with Crippen LogP contribution in [0.25, 0.3) is 6.08 Å². The van der Waals surface area contributed by atoms with E-state index in [0.717, 1.165) is 24.3 Å². The van der Waals surface area contributed by atoms with E-state index in [9.17, 15) is 22.0 Å². The molecule has 3 rings (SSSR count). The Morgan fingerprint density at radius 2 is 1.89 bits per heavy atom. The van der Waals surface area contributed by atoms with Crippen LogP contribution in [0.4, 0.5) is 20.2 Å². The zero-order chi connectivity index (χ0) is 19.6. The summed E-state index contributed by atoms with van der Waals surface area (Å²) >= 11 is 6.06. The summed E-state index contributed by atoms with van der Waals surface area (Å²) < 4.78 is 52.5. The fourth-order valence-corrected chi connectivity index (χ4v) is 4.42. The van der Waals surface area contributed by atoms with Gasteiger partial charge in [0.2, 0.25) is 15.9 Å². The SMILES string of the molecule is O=C(C=Cc1c(F)cccc1F)Nc1cc(N2CCCS2(=O)=O)ccc1Cl. The first-order chi connectivity index (χ1) is 12.8. The number of halogens is 3. The van der Waals surface area contributed by atoms with Gasteiger partial charge in [-0.15, -0.1) is 0 Å². The van der Waals surface area contributed by atoms with Crippen molar-refractivity contribution >= 4 is 45.0 Å². The van der Waals surface area contributed by atoms with Crippen molar-refractivity contribution in [3.8, 4) is 0 Å². The number of nitrogens with zero attached hydrogens (tertiary/aromatic N) is 1. The minimum absolute atomic E-state index is 0.0638. The van der Waals surface area contributed by atoms with Gasteiger partial charge in [-0.3, -0.25) is 9.10 Å². The summed E-state index contributed by atoms with van der Waals surface area (Å²) in [6, 6.07) is 7.85. The van der Waals surface area contributed by atoms with Crippen LogP contribution < -0.4 is 9.62 Å². The van der Waals surface area contributed by atoms with Crippen LogP contribution in [0, 0.1) is 11.6 Å². The molecule has 1 aliphatic heterocycles. The molecule has 2 aromatic carbocycles. The second-order valence-electron chi connectivity index (χ2n) is 5.86. The van der Waals surface area contributed by atoms with Crippen LogP contribution in [0.15, 0.2) is 42.5 Å². The maximum atomic E-state index is 13.6. The standard InChI is InChI=1S/C18H15ClF2N2O3S/c19-14-7-5-12(23-9-2-10-27(23,25)26)11-17(14)22-18(24)8-6-13-15(20)3-1-4-16(13)21/h1,3-8,11H,2,9-10H2,(H,22,24). The van der Waals surface area contributed by atoms with E-state index < -0.39 is 27.6 Å². The molecule has 0 saturated carbocycles. The lowest BCUT2D eigenvalue weighted by atomic mass is 10.2. The molecule has 1 aliphatic rings. The van der Waals surface area contributed by atoms with E-state index in [1.807, 2.05) is 0 Å². The average molecular weight is 413 g/mol. The number of carbonyl (C=O) groups excluding carboxylic acids is 1. The van der Waals surface area contributed by atoms with Crippen LogP contribution in [0.5, 0.6) is 0 Å². The molecular formula is C18H15ClF2N2O3S. The quantitative estimate of drug-likeness (QED) is 0.776. The highest BCUT2D eigenvalue weighted by Gasteiger charge is 2.28. The first-order valence-electron chi connectivity index (χ1n) is 8.01. The monoisotopic (exact) mass is 412 g/mol. The van der Waals surface area contributed by atoms with E-state index in [1.165, 1.54) is 22.5 Å².